The van der Waals surface area contributed by atoms with E-state index in [0.29, 0.717) is 23.0 Å². The number of anilines is 1. The van der Waals surface area contributed by atoms with E-state index in [9.17, 15) is 9.59 Å². The topological polar surface area (TPSA) is 68.1 Å². The van der Waals surface area contributed by atoms with E-state index in [-0.39, 0.29) is 23.7 Å². The number of carbonyl (C=O) groups is 1. The van der Waals surface area contributed by atoms with E-state index in [2.05, 4.69) is 10.2 Å². The number of benzene rings is 2. The first-order valence-electron chi connectivity index (χ1n) is 8.56. The van der Waals surface area contributed by atoms with Crippen LogP contribution in [0.1, 0.15) is 12.6 Å². The molecule has 138 valence electrons. The van der Waals surface area contributed by atoms with Crippen molar-refractivity contribution in [2.45, 2.75) is 20.4 Å². The first-order valence-corrected chi connectivity index (χ1v) is 8.94. The Hall–Kier alpha value is -2.99. The Labute approximate surface area is 162 Å². The zero-order valence-electron chi connectivity index (χ0n) is 15.1. The van der Waals surface area contributed by atoms with Crippen molar-refractivity contribution >= 4 is 23.2 Å². The summed E-state index contributed by atoms with van der Waals surface area (Å²) in [7, 11) is 0. The molecule has 6 nitrogen and oxygen atoms in total. The van der Waals surface area contributed by atoms with Crippen molar-refractivity contribution in [2.75, 3.05) is 11.4 Å². The van der Waals surface area contributed by atoms with Crippen LogP contribution >= 0.6 is 11.6 Å². The van der Waals surface area contributed by atoms with Crippen LogP contribution in [0.5, 0.6) is 0 Å². The fraction of sp³-hybridized carbons (Fsp3) is 0.200. The molecular weight excluding hydrogens is 364 g/mol. The number of nitrogens with zero attached hydrogens (tertiary/aromatic N) is 4. The molecule has 2 aromatic carbocycles. The van der Waals surface area contributed by atoms with Crippen LogP contribution in [0.4, 0.5) is 5.69 Å². The maximum Gasteiger partial charge on any atom is 0.275 e. The highest BCUT2D eigenvalue weighted by Crippen LogP contribution is 2.20. The van der Waals surface area contributed by atoms with Gasteiger partial charge in [0.1, 0.15) is 12.2 Å². The standard InChI is InChI=1S/C20H19ClN4O2/c1-3-24(17-10-5-4-6-11-17)18(26)13-25-19(23-22-14(2)20(25)27)15-8-7-9-16(21)12-15/h4-12H,3,13H2,1-2H3. The van der Waals surface area contributed by atoms with Crippen LogP contribution in [-0.4, -0.2) is 27.2 Å². The molecule has 0 aliphatic carbocycles. The van der Waals surface area contributed by atoms with Crippen molar-refractivity contribution in [3.05, 3.63) is 75.7 Å². The van der Waals surface area contributed by atoms with E-state index in [0.717, 1.165) is 5.69 Å². The fourth-order valence-electron chi connectivity index (χ4n) is 2.83. The molecular formula is C20H19ClN4O2. The molecule has 0 atom stereocenters. The zero-order chi connectivity index (χ0) is 19.4. The minimum atomic E-state index is -0.350. The molecule has 0 N–H and O–H groups in total. The number of halogens is 1. The van der Waals surface area contributed by atoms with Gasteiger partial charge in [-0.05, 0) is 38.1 Å². The van der Waals surface area contributed by atoms with E-state index in [4.69, 9.17) is 11.6 Å². The van der Waals surface area contributed by atoms with E-state index in [1.54, 1.807) is 36.1 Å². The minimum Gasteiger partial charge on any atom is -0.311 e. The summed E-state index contributed by atoms with van der Waals surface area (Å²) in [6, 6.07) is 16.3. The Balaban J connectivity index is 2.02. The number of rotatable bonds is 5. The number of carbonyl (C=O) groups excluding carboxylic acids is 1. The van der Waals surface area contributed by atoms with Crippen LogP contribution in [0, 0.1) is 6.92 Å². The van der Waals surface area contributed by atoms with E-state index < -0.39 is 0 Å². The van der Waals surface area contributed by atoms with E-state index in [1.165, 1.54) is 4.57 Å². The van der Waals surface area contributed by atoms with Crippen molar-refractivity contribution < 1.29 is 4.79 Å². The lowest BCUT2D eigenvalue weighted by atomic mass is 10.2. The number of aromatic nitrogens is 3. The molecule has 0 radical (unpaired) electrons. The van der Waals surface area contributed by atoms with Gasteiger partial charge in [0, 0.05) is 22.8 Å². The molecule has 0 spiro atoms. The molecule has 27 heavy (non-hydrogen) atoms. The number of aryl methyl sites for hydroxylation is 1. The summed E-state index contributed by atoms with van der Waals surface area (Å²) in [6.45, 7) is 3.82. The van der Waals surface area contributed by atoms with Gasteiger partial charge in [0.05, 0.1) is 0 Å². The zero-order valence-corrected chi connectivity index (χ0v) is 15.8. The maximum absolute atomic E-state index is 13.0. The van der Waals surface area contributed by atoms with Gasteiger partial charge >= 0.3 is 0 Å². The van der Waals surface area contributed by atoms with Crippen molar-refractivity contribution in [3.63, 3.8) is 0 Å². The van der Waals surface area contributed by atoms with Crippen molar-refractivity contribution in [1.82, 2.24) is 14.8 Å². The molecule has 0 unspecified atom stereocenters. The molecule has 1 heterocycles. The molecule has 0 saturated carbocycles. The third-order valence-corrected chi connectivity index (χ3v) is 4.40. The highest BCUT2D eigenvalue weighted by Gasteiger charge is 2.19. The summed E-state index contributed by atoms with van der Waals surface area (Å²) < 4.78 is 1.35. The fourth-order valence-corrected chi connectivity index (χ4v) is 3.02. The predicted molar refractivity (Wildman–Crippen MR) is 106 cm³/mol. The largest absolute Gasteiger partial charge is 0.311 e. The molecule has 0 aliphatic rings. The Kier molecular flexibility index (Phi) is 5.66. The third-order valence-electron chi connectivity index (χ3n) is 4.17. The predicted octanol–water partition coefficient (Wildman–Crippen LogP) is 3.32. The van der Waals surface area contributed by atoms with Crippen molar-refractivity contribution in [2.24, 2.45) is 0 Å². The SMILES string of the molecule is CCN(C(=O)Cn1c(-c2cccc(Cl)c2)nnc(C)c1=O)c1ccccc1. The Bertz CT molecular complexity index is 1020. The number of hydrogen-bond acceptors (Lipinski definition) is 4. The smallest absolute Gasteiger partial charge is 0.275 e. The van der Waals surface area contributed by atoms with Crippen LogP contribution < -0.4 is 10.5 Å². The van der Waals surface area contributed by atoms with E-state index >= 15 is 0 Å². The molecule has 1 aromatic heterocycles. The quantitative estimate of drug-likeness (QED) is 0.678. The summed E-state index contributed by atoms with van der Waals surface area (Å²) >= 11 is 6.07. The first kappa shape index (κ1) is 18.8. The van der Waals surface area contributed by atoms with Gasteiger partial charge < -0.3 is 4.90 Å². The second-order valence-electron chi connectivity index (χ2n) is 5.98. The van der Waals surface area contributed by atoms with Gasteiger partial charge in [-0.25, -0.2) is 0 Å². The van der Waals surface area contributed by atoms with Gasteiger partial charge in [0.25, 0.3) is 5.56 Å². The van der Waals surface area contributed by atoms with Crippen LogP contribution in [0.15, 0.2) is 59.4 Å². The molecule has 0 fully saturated rings. The Morgan fingerprint density at radius 2 is 1.85 bits per heavy atom. The number of hydrogen-bond donors (Lipinski definition) is 0. The number of para-hydroxylation sites is 1. The summed E-state index contributed by atoms with van der Waals surface area (Å²) in [5.41, 5.74) is 1.29. The van der Waals surface area contributed by atoms with Crippen LogP contribution in [0.3, 0.4) is 0 Å². The van der Waals surface area contributed by atoms with Gasteiger partial charge in [-0.15, -0.1) is 10.2 Å². The van der Waals surface area contributed by atoms with Crippen molar-refractivity contribution in [1.29, 1.82) is 0 Å². The van der Waals surface area contributed by atoms with Crippen LogP contribution in [-0.2, 0) is 11.3 Å². The summed E-state index contributed by atoms with van der Waals surface area (Å²) in [6.07, 6.45) is 0. The summed E-state index contributed by atoms with van der Waals surface area (Å²) in [5, 5.41) is 8.58. The average Bonchev–Trinajstić information content (AvgIpc) is 2.67. The number of likely N-dealkylation sites (N-methyl/N-ethyl adjacent to an activating group) is 1. The maximum atomic E-state index is 13.0. The molecule has 3 aromatic rings. The van der Waals surface area contributed by atoms with E-state index in [1.807, 2.05) is 37.3 Å². The first-order chi connectivity index (χ1) is 13.0. The molecule has 0 aliphatic heterocycles. The lowest BCUT2D eigenvalue weighted by molar-refractivity contribution is -0.119. The molecule has 7 heteroatoms. The highest BCUT2D eigenvalue weighted by atomic mass is 35.5. The molecule has 1 amide bonds. The lowest BCUT2D eigenvalue weighted by Gasteiger charge is -2.22. The van der Waals surface area contributed by atoms with Crippen molar-refractivity contribution in [3.8, 4) is 11.4 Å². The second-order valence-corrected chi connectivity index (χ2v) is 6.42. The molecule has 3 rings (SSSR count). The lowest BCUT2D eigenvalue weighted by Crippen LogP contribution is -2.38. The molecule has 0 saturated heterocycles. The van der Waals surface area contributed by atoms with Gasteiger partial charge in [0.2, 0.25) is 5.91 Å². The Morgan fingerprint density at radius 1 is 1.11 bits per heavy atom. The van der Waals surface area contributed by atoms with Gasteiger partial charge in [0.15, 0.2) is 5.82 Å². The van der Waals surface area contributed by atoms with Crippen LogP contribution in [0.2, 0.25) is 5.02 Å². The normalized spacial score (nSPS) is 10.6. The molecule has 0 bridgehead atoms. The second kappa shape index (κ2) is 8.14. The highest BCUT2D eigenvalue weighted by molar-refractivity contribution is 6.30. The summed E-state index contributed by atoms with van der Waals surface area (Å²) in [5.74, 6) is 0.104. The average molecular weight is 383 g/mol. The third kappa shape index (κ3) is 4.06. The van der Waals surface area contributed by atoms with Gasteiger partial charge in [-0.1, -0.05) is 41.9 Å². The Morgan fingerprint density at radius 3 is 2.52 bits per heavy atom. The minimum absolute atomic E-state index is 0.139. The monoisotopic (exact) mass is 382 g/mol. The van der Waals surface area contributed by atoms with Gasteiger partial charge in [-0.2, -0.15) is 0 Å². The van der Waals surface area contributed by atoms with Gasteiger partial charge in [-0.3, -0.25) is 14.2 Å². The number of amides is 1. The van der Waals surface area contributed by atoms with Crippen LogP contribution in [0.25, 0.3) is 11.4 Å². The summed E-state index contributed by atoms with van der Waals surface area (Å²) in [4.78, 5) is 27.3.